The largest absolute Gasteiger partial charge is 0.383 e. The van der Waals surface area contributed by atoms with Gasteiger partial charge >= 0.3 is 0 Å². The quantitative estimate of drug-likeness (QED) is 0.751. The number of carbonyl (C=O) groups excluding carboxylic acids is 1. The molecular weight excluding hydrogens is 316 g/mol. The maximum absolute atomic E-state index is 12.7. The van der Waals surface area contributed by atoms with Gasteiger partial charge in [-0.1, -0.05) is 18.2 Å². The predicted molar refractivity (Wildman–Crippen MR) is 95.6 cm³/mol. The van der Waals surface area contributed by atoms with E-state index in [0.717, 1.165) is 11.3 Å². The monoisotopic (exact) mass is 336 g/mol. The van der Waals surface area contributed by atoms with Crippen LogP contribution < -0.4 is 5.32 Å². The molecule has 25 heavy (non-hydrogen) atoms. The number of para-hydroxylation sites is 1. The van der Waals surface area contributed by atoms with E-state index in [1.165, 1.54) is 0 Å². The highest BCUT2D eigenvalue weighted by atomic mass is 16.5. The van der Waals surface area contributed by atoms with Crippen molar-refractivity contribution in [1.82, 2.24) is 20.1 Å². The van der Waals surface area contributed by atoms with Crippen LogP contribution >= 0.6 is 0 Å². The summed E-state index contributed by atoms with van der Waals surface area (Å²) in [5.41, 5.74) is 2.78. The second-order valence-corrected chi connectivity index (χ2v) is 5.74. The number of carbonyl (C=O) groups is 1. The number of hydrogen-bond donors (Lipinski definition) is 1. The van der Waals surface area contributed by atoms with Gasteiger partial charge in [0.05, 0.1) is 17.9 Å². The number of methoxy groups -OCH3 is 1. The van der Waals surface area contributed by atoms with Gasteiger partial charge in [-0.25, -0.2) is 4.68 Å². The molecule has 0 bridgehead atoms. The molecule has 1 N–H and O–H groups in total. The van der Waals surface area contributed by atoms with Gasteiger partial charge in [0, 0.05) is 37.3 Å². The van der Waals surface area contributed by atoms with Crippen molar-refractivity contribution < 1.29 is 9.53 Å². The summed E-state index contributed by atoms with van der Waals surface area (Å²) >= 11 is 0. The number of rotatable bonds is 6. The molecule has 1 atom stereocenters. The smallest absolute Gasteiger partial charge is 0.255 e. The Labute approximate surface area is 146 Å². The zero-order valence-corrected chi connectivity index (χ0v) is 14.2. The van der Waals surface area contributed by atoms with Crippen LogP contribution in [0, 0.1) is 0 Å². The maximum Gasteiger partial charge on any atom is 0.255 e. The van der Waals surface area contributed by atoms with Gasteiger partial charge < -0.3 is 10.1 Å². The van der Waals surface area contributed by atoms with Gasteiger partial charge in [0.2, 0.25) is 0 Å². The third-order valence-corrected chi connectivity index (χ3v) is 3.71. The highest BCUT2D eigenvalue weighted by Gasteiger charge is 2.20. The van der Waals surface area contributed by atoms with Crippen LogP contribution in [0.15, 0.2) is 61.1 Å². The first kappa shape index (κ1) is 16.9. The number of benzene rings is 1. The van der Waals surface area contributed by atoms with Crippen LogP contribution in [0.25, 0.3) is 16.9 Å². The molecule has 6 nitrogen and oxygen atoms in total. The Morgan fingerprint density at radius 2 is 2.04 bits per heavy atom. The van der Waals surface area contributed by atoms with E-state index in [9.17, 15) is 4.79 Å². The summed E-state index contributed by atoms with van der Waals surface area (Å²) in [4.78, 5) is 16.9. The summed E-state index contributed by atoms with van der Waals surface area (Å²) < 4.78 is 6.79. The minimum absolute atomic E-state index is 0.0978. The molecule has 0 radical (unpaired) electrons. The molecule has 3 rings (SSSR count). The summed E-state index contributed by atoms with van der Waals surface area (Å²) in [7, 11) is 1.61. The highest BCUT2D eigenvalue weighted by molar-refractivity contribution is 6.00. The van der Waals surface area contributed by atoms with Crippen LogP contribution in [-0.2, 0) is 4.74 Å². The molecule has 1 aromatic carbocycles. The van der Waals surface area contributed by atoms with Crippen LogP contribution in [0.3, 0.4) is 0 Å². The molecule has 0 saturated heterocycles. The normalized spacial score (nSPS) is 11.9. The number of ether oxygens (including phenoxy) is 1. The molecule has 1 amide bonds. The fraction of sp³-hybridized carbons (Fsp3) is 0.211. The standard InChI is InChI=1S/C19H20N4O2/c1-14(13-25-2)21-19(24)17-12-23(16-8-4-3-5-9-16)22-18(17)15-7-6-10-20-11-15/h3-12,14H,13H2,1-2H3,(H,21,24). The first-order valence-electron chi connectivity index (χ1n) is 8.04. The van der Waals surface area contributed by atoms with E-state index in [1.54, 1.807) is 30.4 Å². The number of nitrogens with one attached hydrogen (secondary N) is 1. The number of hydrogen-bond acceptors (Lipinski definition) is 4. The van der Waals surface area contributed by atoms with Gasteiger partial charge in [-0.3, -0.25) is 9.78 Å². The Morgan fingerprint density at radius 3 is 2.72 bits per heavy atom. The molecule has 0 aliphatic heterocycles. The molecule has 0 saturated carbocycles. The Morgan fingerprint density at radius 1 is 1.24 bits per heavy atom. The van der Waals surface area contributed by atoms with Crippen molar-refractivity contribution >= 4 is 5.91 Å². The SMILES string of the molecule is COCC(C)NC(=O)c1cn(-c2ccccc2)nc1-c1cccnc1. The fourth-order valence-electron chi connectivity index (χ4n) is 2.56. The third kappa shape index (κ3) is 3.92. The topological polar surface area (TPSA) is 69.0 Å². The minimum Gasteiger partial charge on any atom is -0.383 e. The molecule has 128 valence electrons. The molecule has 2 heterocycles. The lowest BCUT2D eigenvalue weighted by Gasteiger charge is -2.12. The Bertz CT molecular complexity index is 831. The van der Waals surface area contributed by atoms with Gasteiger partial charge in [-0.2, -0.15) is 5.10 Å². The first-order valence-corrected chi connectivity index (χ1v) is 8.04. The molecule has 0 fully saturated rings. The van der Waals surface area contributed by atoms with Crippen LogP contribution in [0.2, 0.25) is 0 Å². The Kier molecular flexibility index (Phi) is 5.20. The zero-order chi connectivity index (χ0) is 17.6. The highest BCUT2D eigenvalue weighted by Crippen LogP contribution is 2.23. The number of amides is 1. The van der Waals surface area contributed by atoms with Crippen LogP contribution in [0.1, 0.15) is 17.3 Å². The van der Waals surface area contributed by atoms with E-state index in [1.807, 2.05) is 49.4 Å². The van der Waals surface area contributed by atoms with E-state index >= 15 is 0 Å². The molecular formula is C19H20N4O2. The zero-order valence-electron chi connectivity index (χ0n) is 14.2. The summed E-state index contributed by atoms with van der Waals surface area (Å²) in [6.07, 6.45) is 5.14. The number of pyridine rings is 1. The number of nitrogens with zero attached hydrogens (tertiary/aromatic N) is 3. The molecule has 2 aromatic heterocycles. The second-order valence-electron chi connectivity index (χ2n) is 5.74. The van der Waals surface area contributed by atoms with Gasteiger partial charge in [-0.05, 0) is 31.2 Å². The van der Waals surface area contributed by atoms with Crippen molar-refractivity contribution in [3.8, 4) is 16.9 Å². The fourth-order valence-corrected chi connectivity index (χ4v) is 2.56. The third-order valence-electron chi connectivity index (χ3n) is 3.71. The van der Waals surface area contributed by atoms with E-state index < -0.39 is 0 Å². The van der Waals surface area contributed by atoms with Crippen molar-refractivity contribution in [2.45, 2.75) is 13.0 Å². The maximum atomic E-state index is 12.7. The molecule has 6 heteroatoms. The lowest BCUT2D eigenvalue weighted by molar-refractivity contribution is 0.0906. The van der Waals surface area contributed by atoms with Crippen LogP contribution in [0.5, 0.6) is 0 Å². The van der Waals surface area contributed by atoms with Crippen molar-refractivity contribution in [3.05, 3.63) is 66.6 Å². The van der Waals surface area contributed by atoms with Crippen molar-refractivity contribution in [2.24, 2.45) is 0 Å². The van der Waals surface area contributed by atoms with Gasteiger partial charge in [0.1, 0.15) is 5.69 Å². The Hall–Kier alpha value is -2.99. The summed E-state index contributed by atoms with van der Waals surface area (Å²) in [6, 6.07) is 13.3. The molecule has 0 aliphatic rings. The average molecular weight is 336 g/mol. The molecule has 1 unspecified atom stereocenters. The lowest BCUT2D eigenvalue weighted by atomic mass is 10.1. The van der Waals surface area contributed by atoms with Gasteiger partial charge in [-0.15, -0.1) is 0 Å². The lowest BCUT2D eigenvalue weighted by Crippen LogP contribution is -2.35. The summed E-state index contributed by atoms with van der Waals surface area (Å²) in [6.45, 7) is 2.34. The average Bonchev–Trinajstić information content (AvgIpc) is 3.09. The van der Waals surface area contributed by atoms with Gasteiger partial charge in [0.25, 0.3) is 5.91 Å². The summed E-state index contributed by atoms with van der Waals surface area (Å²) in [5.74, 6) is -0.189. The van der Waals surface area contributed by atoms with E-state index in [0.29, 0.717) is 17.9 Å². The first-order chi connectivity index (χ1) is 12.2. The summed E-state index contributed by atoms with van der Waals surface area (Å²) in [5, 5.41) is 7.54. The van der Waals surface area contributed by atoms with Crippen molar-refractivity contribution in [1.29, 1.82) is 0 Å². The molecule has 0 aliphatic carbocycles. The van der Waals surface area contributed by atoms with Crippen LogP contribution in [-0.4, -0.2) is 40.4 Å². The van der Waals surface area contributed by atoms with E-state index in [4.69, 9.17) is 4.74 Å². The van der Waals surface area contributed by atoms with E-state index in [-0.39, 0.29) is 11.9 Å². The second kappa shape index (κ2) is 7.72. The van der Waals surface area contributed by atoms with Gasteiger partial charge in [0.15, 0.2) is 0 Å². The molecule has 3 aromatic rings. The van der Waals surface area contributed by atoms with Crippen molar-refractivity contribution in [3.63, 3.8) is 0 Å². The van der Waals surface area contributed by atoms with Crippen molar-refractivity contribution in [2.75, 3.05) is 13.7 Å². The predicted octanol–water partition coefficient (Wildman–Crippen LogP) is 2.70. The van der Waals surface area contributed by atoms with Crippen LogP contribution in [0.4, 0.5) is 0 Å². The van der Waals surface area contributed by atoms with E-state index in [2.05, 4.69) is 15.4 Å². The number of aromatic nitrogens is 3. The molecule has 0 spiro atoms. The Balaban J connectivity index is 2.00. The minimum atomic E-state index is -0.189.